The smallest absolute Gasteiger partial charge is 0.341 e. The van der Waals surface area contributed by atoms with Gasteiger partial charge >= 0.3 is 5.97 Å². The third-order valence-electron chi connectivity index (χ3n) is 4.30. The van der Waals surface area contributed by atoms with Crippen molar-refractivity contribution in [2.75, 3.05) is 14.2 Å². The van der Waals surface area contributed by atoms with Crippen LogP contribution in [0.15, 0.2) is 73.1 Å². The first-order valence-corrected chi connectivity index (χ1v) is 9.46. The first kappa shape index (κ1) is 21.8. The highest BCUT2D eigenvalue weighted by Crippen LogP contribution is 2.26. The molecule has 1 heterocycles. The van der Waals surface area contributed by atoms with E-state index in [1.807, 2.05) is 24.3 Å². The van der Waals surface area contributed by atoms with Gasteiger partial charge < -0.3 is 18.9 Å². The van der Waals surface area contributed by atoms with Gasteiger partial charge in [0.25, 0.3) is 0 Å². The lowest BCUT2D eigenvalue weighted by atomic mass is 10.0. The lowest BCUT2D eigenvalue weighted by molar-refractivity contribution is -0.133. The minimum atomic E-state index is -0.537. The van der Waals surface area contributed by atoms with Gasteiger partial charge in [0.05, 0.1) is 26.2 Å². The predicted molar refractivity (Wildman–Crippen MR) is 113 cm³/mol. The molecule has 0 aliphatic heterocycles. The largest absolute Gasteiger partial charge is 0.503 e. The monoisotopic (exact) mass is 423 g/mol. The average molecular weight is 423 g/mol. The zero-order valence-corrected chi connectivity index (χ0v) is 17.2. The summed E-state index contributed by atoms with van der Waals surface area (Å²) in [5, 5.41) is 0. The Kier molecular flexibility index (Phi) is 7.59. The van der Waals surface area contributed by atoms with E-state index in [2.05, 4.69) is 4.98 Å². The number of esters is 1. The molecule has 0 fully saturated rings. The molecule has 0 saturated heterocycles. The number of aromatic nitrogens is 1. The number of nitrogens with zero attached hydrogens (tertiary/aromatic N) is 1. The number of carbonyl (C=O) groups excluding carboxylic acids is 1. The highest BCUT2D eigenvalue weighted by atomic mass is 19.1. The maximum absolute atomic E-state index is 14.1. The van der Waals surface area contributed by atoms with E-state index in [4.69, 9.17) is 18.9 Å². The van der Waals surface area contributed by atoms with E-state index >= 15 is 0 Å². The summed E-state index contributed by atoms with van der Waals surface area (Å²) in [4.78, 5) is 16.3. The van der Waals surface area contributed by atoms with Gasteiger partial charge in [-0.15, -0.1) is 0 Å². The van der Waals surface area contributed by atoms with Gasteiger partial charge in [0.1, 0.15) is 36.1 Å². The molecule has 2 aromatic carbocycles. The highest BCUT2D eigenvalue weighted by Gasteiger charge is 2.17. The lowest BCUT2D eigenvalue weighted by Crippen LogP contribution is -2.08. The van der Waals surface area contributed by atoms with Gasteiger partial charge in [-0.25, -0.2) is 9.18 Å². The molecule has 0 amide bonds. The van der Waals surface area contributed by atoms with Gasteiger partial charge in [0, 0.05) is 24.4 Å². The van der Waals surface area contributed by atoms with Crippen molar-refractivity contribution in [1.82, 2.24) is 4.98 Å². The molecular weight excluding hydrogens is 401 g/mol. The molecule has 0 spiro atoms. The normalized spacial score (nSPS) is 11.0. The molecule has 0 aliphatic rings. The molecule has 3 aromatic rings. The van der Waals surface area contributed by atoms with Gasteiger partial charge in [-0.2, -0.15) is 0 Å². The molecule has 1 aromatic heterocycles. The Hall–Kier alpha value is -3.87. The molecule has 160 valence electrons. The van der Waals surface area contributed by atoms with Gasteiger partial charge in [0.15, 0.2) is 0 Å². The summed E-state index contributed by atoms with van der Waals surface area (Å²) in [6.45, 7) is 0.300. The minimum Gasteiger partial charge on any atom is -0.503 e. The van der Waals surface area contributed by atoms with Crippen LogP contribution in [0.5, 0.6) is 11.5 Å². The van der Waals surface area contributed by atoms with Crippen LogP contribution in [0.4, 0.5) is 4.39 Å². The van der Waals surface area contributed by atoms with Crippen LogP contribution >= 0.6 is 0 Å². The molecule has 0 N–H and O–H groups in total. The third kappa shape index (κ3) is 6.05. The van der Waals surface area contributed by atoms with Crippen molar-refractivity contribution in [2.45, 2.75) is 13.2 Å². The molecule has 0 aliphatic carbocycles. The number of ether oxygens (including phenoxy) is 4. The zero-order chi connectivity index (χ0) is 22.1. The summed E-state index contributed by atoms with van der Waals surface area (Å²) in [5.74, 6) is -0.411. The maximum Gasteiger partial charge on any atom is 0.341 e. The maximum atomic E-state index is 14.1. The molecule has 0 saturated carbocycles. The topological polar surface area (TPSA) is 66.9 Å². The summed E-state index contributed by atoms with van der Waals surface area (Å²) in [7, 11) is 2.74. The minimum absolute atomic E-state index is 0.0946. The number of benzene rings is 2. The number of hydrogen-bond donors (Lipinski definition) is 0. The molecule has 7 heteroatoms. The molecule has 0 atom stereocenters. The summed E-state index contributed by atoms with van der Waals surface area (Å²) in [5.41, 5.74) is 2.28. The van der Waals surface area contributed by atoms with Crippen LogP contribution in [0.2, 0.25) is 0 Å². The van der Waals surface area contributed by atoms with Gasteiger partial charge in [0.2, 0.25) is 0 Å². The number of halogens is 1. The van der Waals surface area contributed by atoms with Gasteiger partial charge in [-0.1, -0.05) is 30.3 Å². The Morgan fingerprint density at radius 1 is 0.968 bits per heavy atom. The van der Waals surface area contributed by atoms with E-state index in [0.717, 1.165) is 5.69 Å². The van der Waals surface area contributed by atoms with E-state index in [0.29, 0.717) is 22.6 Å². The van der Waals surface area contributed by atoms with Crippen LogP contribution < -0.4 is 9.47 Å². The summed E-state index contributed by atoms with van der Waals surface area (Å²) in [6.07, 6.45) is 2.98. The van der Waals surface area contributed by atoms with E-state index < -0.39 is 11.8 Å². The zero-order valence-electron chi connectivity index (χ0n) is 17.2. The van der Waals surface area contributed by atoms with Crippen LogP contribution in [-0.4, -0.2) is 25.2 Å². The number of hydrogen-bond acceptors (Lipinski definition) is 6. The van der Waals surface area contributed by atoms with Gasteiger partial charge in [-0.3, -0.25) is 4.98 Å². The number of carbonyl (C=O) groups is 1. The molecule has 0 radical (unpaired) electrons. The van der Waals surface area contributed by atoms with Crippen LogP contribution in [0, 0.1) is 5.82 Å². The number of methoxy groups -OCH3 is 2. The van der Waals surface area contributed by atoms with Crippen molar-refractivity contribution < 1.29 is 28.1 Å². The van der Waals surface area contributed by atoms with Crippen molar-refractivity contribution >= 4 is 11.5 Å². The molecule has 31 heavy (non-hydrogen) atoms. The number of pyridine rings is 1. The second-order valence-electron chi connectivity index (χ2n) is 6.44. The molecule has 0 bridgehead atoms. The summed E-state index contributed by atoms with van der Waals surface area (Å²) < 4.78 is 35.4. The SMILES string of the molecule is CO/C=C(\C(=O)OC)c1ccccc1COc1cc(F)cc(OCc2ccccn2)c1. The van der Waals surface area contributed by atoms with Crippen LogP contribution in [0.25, 0.3) is 5.57 Å². The van der Waals surface area contributed by atoms with E-state index in [1.54, 1.807) is 30.5 Å². The Labute approximate surface area is 179 Å². The van der Waals surface area contributed by atoms with Crippen LogP contribution in [0.1, 0.15) is 16.8 Å². The van der Waals surface area contributed by atoms with Crippen LogP contribution in [-0.2, 0) is 27.5 Å². The Morgan fingerprint density at radius 2 is 1.68 bits per heavy atom. The fourth-order valence-corrected chi connectivity index (χ4v) is 2.86. The van der Waals surface area contributed by atoms with Crippen molar-refractivity contribution in [2.24, 2.45) is 0 Å². The predicted octanol–water partition coefficient (Wildman–Crippen LogP) is 4.54. The molecule has 0 unspecified atom stereocenters. The van der Waals surface area contributed by atoms with Crippen molar-refractivity contribution in [1.29, 1.82) is 0 Å². The fourth-order valence-electron chi connectivity index (χ4n) is 2.86. The average Bonchev–Trinajstić information content (AvgIpc) is 2.80. The van der Waals surface area contributed by atoms with Crippen molar-refractivity contribution in [3.63, 3.8) is 0 Å². The van der Waals surface area contributed by atoms with Crippen molar-refractivity contribution in [3.05, 3.63) is 95.8 Å². The first-order chi connectivity index (χ1) is 15.1. The van der Waals surface area contributed by atoms with E-state index in [1.165, 1.54) is 32.6 Å². The summed E-state index contributed by atoms with van der Waals surface area (Å²) >= 11 is 0. The van der Waals surface area contributed by atoms with E-state index in [9.17, 15) is 9.18 Å². The van der Waals surface area contributed by atoms with E-state index in [-0.39, 0.29) is 18.8 Å². The van der Waals surface area contributed by atoms with Crippen LogP contribution in [0.3, 0.4) is 0 Å². The number of rotatable bonds is 9. The summed E-state index contributed by atoms with van der Waals surface area (Å²) in [6, 6.07) is 16.8. The third-order valence-corrected chi connectivity index (χ3v) is 4.30. The second kappa shape index (κ2) is 10.8. The highest BCUT2D eigenvalue weighted by molar-refractivity contribution is 6.16. The van der Waals surface area contributed by atoms with Gasteiger partial charge in [-0.05, 0) is 23.3 Å². The lowest BCUT2D eigenvalue weighted by Gasteiger charge is -2.14. The standard InChI is InChI=1S/C24H22FNO5/c1-28-16-23(24(27)29-2)22-9-4-3-7-17(22)14-30-20-11-18(25)12-21(13-20)31-15-19-8-5-6-10-26-19/h3-13,16H,14-15H2,1-2H3/b23-16-. The van der Waals surface area contributed by atoms with Crippen molar-refractivity contribution in [3.8, 4) is 11.5 Å². The Bertz CT molecular complexity index is 1050. The fraction of sp³-hybridized carbons (Fsp3) is 0.167. The Balaban J connectivity index is 1.75. The molecule has 3 rings (SSSR count). The second-order valence-corrected chi connectivity index (χ2v) is 6.44. The molecule has 6 nitrogen and oxygen atoms in total. The Morgan fingerprint density at radius 3 is 2.35 bits per heavy atom. The quantitative estimate of drug-likeness (QED) is 0.286. The molecular formula is C24H22FNO5. The first-order valence-electron chi connectivity index (χ1n) is 9.46.